The van der Waals surface area contributed by atoms with E-state index in [4.69, 9.17) is 0 Å². The number of rotatable bonds is 7. The zero-order chi connectivity index (χ0) is 16.5. The third-order valence-corrected chi connectivity index (χ3v) is 5.67. The molecule has 1 saturated heterocycles. The molecule has 0 radical (unpaired) electrons. The summed E-state index contributed by atoms with van der Waals surface area (Å²) >= 11 is 0. The van der Waals surface area contributed by atoms with E-state index in [1.54, 1.807) is 0 Å². The first kappa shape index (κ1) is 17.7. The normalized spacial score (nSPS) is 18.0. The Kier molecular flexibility index (Phi) is 6.85. The summed E-state index contributed by atoms with van der Waals surface area (Å²) < 4.78 is 25.0. The van der Waals surface area contributed by atoms with Crippen LogP contribution in [0, 0.1) is 0 Å². The highest BCUT2D eigenvalue weighted by atomic mass is 32.2. The lowest BCUT2D eigenvalue weighted by atomic mass is 10.1. The first-order valence-electron chi connectivity index (χ1n) is 8.16. The number of nitrogens with zero attached hydrogens (tertiary/aromatic N) is 2. The Labute approximate surface area is 139 Å². The summed E-state index contributed by atoms with van der Waals surface area (Å²) in [5, 5.41) is 6.47. The second-order valence-corrected chi connectivity index (χ2v) is 7.58. The first-order valence-corrected chi connectivity index (χ1v) is 9.76. The van der Waals surface area contributed by atoms with Gasteiger partial charge in [0.15, 0.2) is 5.96 Å². The van der Waals surface area contributed by atoms with E-state index in [0.717, 1.165) is 31.9 Å². The summed E-state index contributed by atoms with van der Waals surface area (Å²) in [6, 6.07) is 10.3. The summed E-state index contributed by atoms with van der Waals surface area (Å²) in [4.78, 5) is 4.46. The highest BCUT2D eigenvalue weighted by Crippen LogP contribution is 2.12. The Morgan fingerprint density at radius 3 is 2.70 bits per heavy atom. The van der Waals surface area contributed by atoms with Gasteiger partial charge in [-0.25, -0.2) is 12.7 Å². The number of hydrogen-bond acceptors (Lipinski definition) is 3. The van der Waals surface area contributed by atoms with Crippen molar-refractivity contribution in [3.63, 3.8) is 0 Å². The molecule has 0 unspecified atom stereocenters. The largest absolute Gasteiger partial charge is 0.357 e. The molecule has 1 heterocycles. The number of benzene rings is 1. The van der Waals surface area contributed by atoms with Gasteiger partial charge in [-0.05, 0) is 25.3 Å². The van der Waals surface area contributed by atoms with Crippen molar-refractivity contribution in [2.24, 2.45) is 4.99 Å². The van der Waals surface area contributed by atoms with Gasteiger partial charge in [-0.1, -0.05) is 30.3 Å². The van der Waals surface area contributed by atoms with Crippen LogP contribution in [0.1, 0.15) is 18.9 Å². The molecule has 23 heavy (non-hydrogen) atoms. The Balaban J connectivity index is 1.78. The second-order valence-electron chi connectivity index (χ2n) is 5.49. The minimum atomic E-state index is -3.03. The van der Waals surface area contributed by atoms with Crippen LogP contribution in [0.2, 0.25) is 0 Å². The van der Waals surface area contributed by atoms with E-state index < -0.39 is 10.0 Å². The monoisotopic (exact) mass is 338 g/mol. The third kappa shape index (κ3) is 5.84. The van der Waals surface area contributed by atoms with Crippen molar-refractivity contribution in [3.8, 4) is 0 Å². The van der Waals surface area contributed by atoms with E-state index in [1.807, 2.05) is 25.1 Å². The molecule has 0 amide bonds. The van der Waals surface area contributed by atoms with Crippen LogP contribution in [0.15, 0.2) is 35.3 Å². The molecule has 1 aliphatic heterocycles. The number of sulfonamides is 1. The van der Waals surface area contributed by atoms with Gasteiger partial charge in [-0.15, -0.1) is 0 Å². The van der Waals surface area contributed by atoms with Crippen LogP contribution in [0.4, 0.5) is 0 Å². The molecule has 7 heteroatoms. The lowest BCUT2D eigenvalue weighted by Gasteiger charge is -2.14. The molecule has 1 aromatic rings. The molecule has 0 spiro atoms. The molecule has 0 atom stereocenters. The van der Waals surface area contributed by atoms with Crippen LogP contribution in [-0.2, 0) is 16.4 Å². The summed E-state index contributed by atoms with van der Waals surface area (Å²) in [6.07, 6.45) is 1.65. The molecule has 2 rings (SSSR count). The molecule has 1 fully saturated rings. The van der Waals surface area contributed by atoms with Crippen molar-refractivity contribution in [2.75, 3.05) is 38.5 Å². The van der Waals surface area contributed by atoms with Gasteiger partial charge in [0, 0.05) is 26.2 Å². The molecule has 0 bridgehead atoms. The minimum absolute atomic E-state index is 0.270. The number of hydrogen-bond donors (Lipinski definition) is 2. The molecule has 1 aliphatic rings. The zero-order valence-electron chi connectivity index (χ0n) is 13.7. The van der Waals surface area contributed by atoms with Crippen molar-refractivity contribution >= 4 is 16.0 Å². The number of guanidine groups is 1. The van der Waals surface area contributed by atoms with Gasteiger partial charge in [0.05, 0.1) is 12.3 Å². The van der Waals surface area contributed by atoms with Crippen LogP contribution >= 0.6 is 0 Å². The molecule has 0 aromatic heterocycles. The quantitative estimate of drug-likeness (QED) is 0.570. The minimum Gasteiger partial charge on any atom is -0.357 e. The number of nitrogens with one attached hydrogen (secondary N) is 2. The predicted octanol–water partition coefficient (Wildman–Crippen LogP) is 0.820. The topological polar surface area (TPSA) is 73.8 Å². The molecule has 6 nitrogen and oxygen atoms in total. The van der Waals surface area contributed by atoms with Crippen molar-refractivity contribution < 1.29 is 8.42 Å². The molecular weight excluding hydrogens is 312 g/mol. The van der Waals surface area contributed by atoms with Crippen LogP contribution < -0.4 is 10.6 Å². The van der Waals surface area contributed by atoms with Crippen molar-refractivity contribution in [2.45, 2.75) is 19.8 Å². The maximum atomic E-state index is 11.7. The maximum Gasteiger partial charge on any atom is 0.214 e. The standard InChI is InChI=1S/C16H26N4O2S/c1-2-17-16(18-10-9-15-7-4-3-5-8-15)19-11-13-20-12-6-14-23(20,21)22/h3-5,7-8H,2,6,9-14H2,1H3,(H2,17,18,19). The van der Waals surface area contributed by atoms with Gasteiger partial charge < -0.3 is 10.6 Å². The lowest BCUT2D eigenvalue weighted by Crippen LogP contribution is -2.39. The fourth-order valence-corrected chi connectivity index (χ4v) is 4.05. The van der Waals surface area contributed by atoms with E-state index in [2.05, 4.69) is 27.8 Å². The van der Waals surface area contributed by atoms with Gasteiger partial charge >= 0.3 is 0 Å². The second kappa shape index (κ2) is 8.88. The molecule has 2 N–H and O–H groups in total. The predicted molar refractivity (Wildman–Crippen MR) is 94.1 cm³/mol. The Bertz CT molecular complexity index is 602. The average Bonchev–Trinajstić information content (AvgIpc) is 2.87. The molecule has 0 saturated carbocycles. The van der Waals surface area contributed by atoms with E-state index in [1.165, 1.54) is 9.87 Å². The maximum absolute atomic E-state index is 11.7. The SMILES string of the molecule is CCNC(=NCCN1CCCS1(=O)=O)NCCc1ccccc1. The molecule has 0 aliphatic carbocycles. The summed E-state index contributed by atoms with van der Waals surface area (Å²) in [7, 11) is -3.03. The fourth-order valence-electron chi connectivity index (χ4n) is 2.53. The summed E-state index contributed by atoms with van der Waals surface area (Å²) in [5.41, 5.74) is 1.28. The van der Waals surface area contributed by atoms with Gasteiger partial charge in [-0.3, -0.25) is 4.99 Å². The Morgan fingerprint density at radius 1 is 1.26 bits per heavy atom. The Morgan fingerprint density at radius 2 is 2.04 bits per heavy atom. The van der Waals surface area contributed by atoms with E-state index >= 15 is 0 Å². The average molecular weight is 338 g/mol. The number of aliphatic imine (C=N–C) groups is 1. The van der Waals surface area contributed by atoms with Crippen LogP contribution in [0.5, 0.6) is 0 Å². The van der Waals surface area contributed by atoms with E-state index in [0.29, 0.717) is 19.6 Å². The Hall–Kier alpha value is -1.60. The summed E-state index contributed by atoms with van der Waals surface area (Å²) in [6.45, 7) is 5.13. The zero-order valence-corrected chi connectivity index (χ0v) is 14.5. The van der Waals surface area contributed by atoms with Gasteiger partial charge in [-0.2, -0.15) is 0 Å². The third-order valence-electron chi connectivity index (χ3n) is 3.72. The lowest BCUT2D eigenvalue weighted by molar-refractivity contribution is 0.452. The molecule has 128 valence electrons. The van der Waals surface area contributed by atoms with Crippen molar-refractivity contribution in [3.05, 3.63) is 35.9 Å². The van der Waals surface area contributed by atoms with Crippen LogP contribution in [0.25, 0.3) is 0 Å². The molecule has 1 aromatic carbocycles. The van der Waals surface area contributed by atoms with Crippen LogP contribution in [-0.4, -0.2) is 57.2 Å². The van der Waals surface area contributed by atoms with Gasteiger partial charge in [0.25, 0.3) is 0 Å². The van der Waals surface area contributed by atoms with Crippen molar-refractivity contribution in [1.29, 1.82) is 0 Å². The van der Waals surface area contributed by atoms with Crippen LogP contribution in [0.3, 0.4) is 0 Å². The highest BCUT2D eigenvalue weighted by molar-refractivity contribution is 7.89. The van der Waals surface area contributed by atoms with Gasteiger partial charge in [0.1, 0.15) is 0 Å². The van der Waals surface area contributed by atoms with E-state index in [-0.39, 0.29) is 5.75 Å². The van der Waals surface area contributed by atoms with Crippen molar-refractivity contribution in [1.82, 2.24) is 14.9 Å². The van der Waals surface area contributed by atoms with Gasteiger partial charge in [0.2, 0.25) is 10.0 Å². The first-order chi connectivity index (χ1) is 11.1. The molecular formula is C16H26N4O2S. The smallest absolute Gasteiger partial charge is 0.214 e. The fraction of sp³-hybridized carbons (Fsp3) is 0.562. The van der Waals surface area contributed by atoms with E-state index in [9.17, 15) is 8.42 Å². The highest BCUT2D eigenvalue weighted by Gasteiger charge is 2.27. The summed E-state index contributed by atoms with van der Waals surface area (Å²) in [5.74, 6) is 1.01.